The van der Waals surface area contributed by atoms with Gasteiger partial charge in [0.15, 0.2) is 0 Å². The molecule has 0 spiro atoms. The lowest BCUT2D eigenvalue weighted by molar-refractivity contribution is -0.120. The van der Waals surface area contributed by atoms with Crippen molar-refractivity contribution < 1.29 is 14.3 Å². The van der Waals surface area contributed by atoms with Crippen LogP contribution in [-0.4, -0.2) is 30.1 Å². The molecule has 6 heteroatoms. The molecule has 1 heterocycles. The van der Waals surface area contributed by atoms with Gasteiger partial charge in [-0.2, -0.15) is 0 Å². The number of amides is 2. The Labute approximate surface area is 126 Å². The van der Waals surface area contributed by atoms with Crippen molar-refractivity contribution in [1.29, 1.82) is 0 Å². The second-order valence-corrected chi connectivity index (χ2v) is 6.54. The lowest BCUT2D eigenvalue weighted by Crippen LogP contribution is -2.45. The van der Waals surface area contributed by atoms with Gasteiger partial charge >= 0.3 is 0 Å². The Morgan fingerprint density at radius 2 is 2.00 bits per heavy atom. The average molecular weight is 341 g/mol. The number of ether oxygens (including phenoxy) is 1. The molecule has 0 aliphatic carbocycles. The lowest BCUT2D eigenvalue weighted by atomic mass is 10.1. The molecule has 0 bridgehead atoms. The first-order chi connectivity index (χ1) is 9.26. The van der Waals surface area contributed by atoms with Gasteiger partial charge in [0, 0.05) is 4.47 Å². The van der Waals surface area contributed by atoms with Gasteiger partial charge < -0.3 is 15.4 Å². The number of hydrogen-bond acceptors (Lipinski definition) is 3. The monoisotopic (exact) mass is 340 g/mol. The highest BCUT2D eigenvalue weighted by Crippen LogP contribution is 2.23. The van der Waals surface area contributed by atoms with E-state index in [1.54, 1.807) is 18.2 Å². The SMILES string of the molecule is CC(C)(C)OCC1NC(=O)c2cc(Br)ccc2NC1=O. The minimum Gasteiger partial charge on any atom is -0.373 e. The molecule has 1 aromatic carbocycles. The molecular weight excluding hydrogens is 324 g/mol. The summed E-state index contributed by atoms with van der Waals surface area (Å²) in [5.41, 5.74) is 0.577. The lowest BCUT2D eigenvalue weighted by Gasteiger charge is -2.23. The predicted molar refractivity (Wildman–Crippen MR) is 79.7 cm³/mol. The molecule has 0 saturated carbocycles. The van der Waals surface area contributed by atoms with Crippen LogP contribution in [0.3, 0.4) is 0 Å². The highest BCUT2D eigenvalue weighted by molar-refractivity contribution is 9.10. The van der Waals surface area contributed by atoms with Crippen molar-refractivity contribution in [1.82, 2.24) is 5.32 Å². The van der Waals surface area contributed by atoms with E-state index in [9.17, 15) is 9.59 Å². The van der Waals surface area contributed by atoms with Crippen molar-refractivity contribution >= 4 is 33.4 Å². The first kappa shape index (κ1) is 15.0. The van der Waals surface area contributed by atoms with E-state index in [1.807, 2.05) is 20.8 Å². The van der Waals surface area contributed by atoms with Crippen LogP contribution in [-0.2, 0) is 9.53 Å². The van der Waals surface area contributed by atoms with Crippen molar-refractivity contribution in [3.8, 4) is 0 Å². The Morgan fingerprint density at radius 3 is 2.65 bits per heavy atom. The number of fused-ring (bicyclic) bond motifs is 1. The van der Waals surface area contributed by atoms with E-state index < -0.39 is 6.04 Å². The van der Waals surface area contributed by atoms with E-state index in [-0.39, 0.29) is 24.0 Å². The molecule has 0 fully saturated rings. The summed E-state index contributed by atoms with van der Waals surface area (Å²) in [7, 11) is 0. The molecule has 1 atom stereocenters. The fraction of sp³-hybridized carbons (Fsp3) is 0.429. The minimum absolute atomic E-state index is 0.135. The van der Waals surface area contributed by atoms with Crippen molar-refractivity contribution in [2.45, 2.75) is 32.4 Å². The molecule has 2 N–H and O–H groups in total. The van der Waals surface area contributed by atoms with Gasteiger partial charge in [-0.1, -0.05) is 15.9 Å². The molecule has 1 aliphatic heterocycles. The number of rotatable bonds is 2. The van der Waals surface area contributed by atoms with Crippen LogP contribution in [0.2, 0.25) is 0 Å². The summed E-state index contributed by atoms with van der Waals surface area (Å²) in [5.74, 6) is -0.564. The zero-order valence-corrected chi connectivity index (χ0v) is 13.2. The van der Waals surface area contributed by atoms with Crippen molar-refractivity contribution in [2.24, 2.45) is 0 Å². The summed E-state index contributed by atoms with van der Waals surface area (Å²) in [6, 6.07) is 4.45. The van der Waals surface area contributed by atoms with Crippen LogP contribution < -0.4 is 10.6 Å². The Kier molecular flexibility index (Phi) is 4.15. The quantitative estimate of drug-likeness (QED) is 0.868. The first-order valence-corrected chi connectivity index (χ1v) is 7.11. The minimum atomic E-state index is -0.701. The van der Waals surface area contributed by atoms with Gasteiger partial charge in [0.1, 0.15) is 6.04 Å². The fourth-order valence-corrected chi connectivity index (χ4v) is 2.15. The number of hydrogen-bond donors (Lipinski definition) is 2. The summed E-state index contributed by atoms with van der Waals surface area (Å²) in [6.45, 7) is 5.83. The molecule has 0 aromatic heterocycles. The first-order valence-electron chi connectivity index (χ1n) is 6.31. The second-order valence-electron chi connectivity index (χ2n) is 5.63. The maximum atomic E-state index is 12.2. The molecule has 0 saturated heterocycles. The Balaban J connectivity index is 2.19. The summed E-state index contributed by atoms with van der Waals surface area (Å²) in [5, 5.41) is 5.43. The van der Waals surface area contributed by atoms with E-state index in [0.29, 0.717) is 11.3 Å². The summed E-state index contributed by atoms with van der Waals surface area (Å²) in [6.07, 6.45) is 0. The maximum Gasteiger partial charge on any atom is 0.254 e. The van der Waals surface area contributed by atoms with Gasteiger partial charge in [0.05, 0.1) is 23.5 Å². The van der Waals surface area contributed by atoms with Crippen LogP contribution in [0.1, 0.15) is 31.1 Å². The van der Waals surface area contributed by atoms with Crippen molar-refractivity contribution in [3.63, 3.8) is 0 Å². The van der Waals surface area contributed by atoms with E-state index in [2.05, 4.69) is 26.6 Å². The van der Waals surface area contributed by atoms with Crippen LogP contribution in [0.5, 0.6) is 0 Å². The third-order valence-electron chi connectivity index (χ3n) is 2.79. The Bertz CT molecular complexity index is 552. The number of nitrogens with one attached hydrogen (secondary N) is 2. The van der Waals surface area contributed by atoms with E-state index >= 15 is 0 Å². The van der Waals surface area contributed by atoms with Gasteiger partial charge in [0.2, 0.25) is 5.91 Å². The van der Waals surface area contributed by atoms with E-state index in [4.69, 9.17) is 4.74 Å². The van der Waals surface area contributed by atoms with Crippen molar-refractivity contribution in [3.05, 3.63) is 28.2 Å². The largest absolute Gasteiger partial charge is 0.373 e. The summed E-state index contributed by atoms with van der Waals surface area (Å²) < 4.78 is 6.36. The predicted octanol–water partition coefficient (Wildman–Crippen LogP) is 2.31. The average Bonchev–Trinajstić information content (AvgIpc) is 2.45. The number of benzene rings is 1. The zero-order valence-electron chi connectivity index (χ0n) is 11.6. The smallest absolute Gasteiger partial charge is 0.254 e. The molecule has 1 aliphatic rings. The normalized spacial score (nSPS) is 18.9. The molecule has 1 unspecified atom stereocenters. The molecule has 0 radical (unpaired) electrons. The standard InChI is InChI=1S/C14H17BrN2O3/c1-14(2,3)20-7-11-13(19)16-10-5-4-8(15)6-9(10)12(18)17-11/h4-6,11H,7H2,1-3H3,(H,16,19)(H,17,18). The molecule has 1 aromatic rings. The van der Waals surface area contributed by atoms with E-state index in [1.165, 1.54) is 0 Å². The van der Waals surface area contributed by atoms with Crippen LogP contribution in [0.4, 0.5) is 5.69 Å². The highest BCUT2D eigenvalue weighted by Gasteiger charge is 2.29. The number of carbonyl (C=O) groups is 2. The van der Waals surface area contributed by atoms with Crippen LogP contribution >= 0.6 is 15.9 Å². The number of anilines is 1. The molecule has 20 heavy (non-hydrogen) atoms. The third kappa shape index (κ3) is 3.58. The van der Waals surface area contributed by atoms with E-state index in [0.717, 1.165) is 4.47 Å². The van der Waals surface area contributed by atoms with Crippen LogP contribution in [0.15, 0.2) is 22.7 Å². The van der Waals surface area contributed by atoms with Gasteiger partial charge in [-0.25, -0.2) is 0 Å². The number of halogens is 1. The Hall–Kier alpha value is -1.40. The second kappa shape index (κ2) is 5.54. The fourth-order valence-electron chi connectivity index (χ4n) is 1.79. The summed E-state index contributed by atoms with van der Waals surface area (Å²) >= 11 is 3.31. The Morgan fingerprint density at radius 1 is 1.30 bits per heavy atom. The maximum absolute atomic E-state index is 12.2. The van der Waals surface area contributed by atoms with Gasteiger partial charge in [0.25, 0.3) is 5.91 Å². The topological polar surface area (TPSA) is 67.4 Å². The molecular formula is C14H17BrN2O3. The van der Waals surface area contributed by atoms with Gasteiger partial charge in [-0.15, -0.1) is 0 Å². The van der Waals surface area contributed by atoms with Crippen LogP contribution in [0.25, 0.3) is 0 Å². The molecule has 108 valence electrons. The highest BCUT2D eigenvalue weighted by atomic mass is 79.9. The van der Waals surface area contributed by atoms with Crippen LogP contribution in [0, 0.1) is 0 Å². The van der Waals surface area contributed by atoms with Gasteiger partial charge in [-0.05, 0) is 39.0 Å². The van der Waals surface area contributed by atoms with Gasteiger partial charge in [-0.3, -0.25) is 9.59 Å². The molecule has 5 nitrogen and oxygen atoms in total. The molecule has 2 amide bonds. The number of carbonyl (C=O) groups excluding carboxylic acids is 2. The third-order valence-corrected chi connectivity index (χ3v) is 3.28. The molecule has 2 rings (SSSR count). The summed E-state index contributed by atoms with van der Waals surface area (Å²) in [4.78, 5) is 24.3. The zero-order chi connectivity index (χ0) is 14.9. The van der Waals surface area contributed by atoms with Crippen molar-refractivity contribution in [2.75, 3.05) is 11.9 Å².